The molecular formula is C19H23N3O5. The Hall–Kier alpha value is -2.45. The summed E-state index contributed by atoms with van der Waals surface area (Å²) in [5.41, 5.74) is -0.437. The number of morpholine rings is 1. The molecule has 1 N–H and O–H groups in total. The van der Waals surface area contributed by atoms with Crippen molar-refractivity contribution in [2.45, 2.75) is 31.8 Å². The average molecular weight is 373 g/mol. The minimum Gasteiger partial charge on any atom is -0.506 e. The van der Waals surface area contributed by atoms with Gasteiger partial charge in [0.05, 0.1) is 25.2 Å². The van der Waals surface area contributed by atoms with Gasteiger partial charge in [-0.2, -0.15) is 0 Å². The molecule has 1 aliphatic heterocycles. The van der Waals surface area contributed by atoms with Gasteiger partial charge in [-0.25, -0.2) is 9.78 Å². The molecule has 0 unspecified atom stereocenters. The molecule has 1 aliphatic carbocycles. The van der Waals surface area contributed by atoms with Gasteiger partial charge in [0, 0.05) is 31.4 Å². The van der Waals surface area contributed by atoms with E-state index in [1.165, 1.54) is 4.57 Å². The van der Waals surface area contributed by atoms with E-state index in [0.29, 0.717) is 30.7 Å². The summed E-state index contributed by atoms with van der Waals surface area (Å²) in [6, 6.07) is 3.31. The summed E-state index contributed by atoms with van der Waals surface area (Å²) in [5.74, 6) is -1.19. The van der Waals surface area contributed by atoms with Gasteiger partial charge >= 0.3 is 5.97 Å². The molecule has 0 aromatic carbocycles. The third-order valence-corrected chi connectivity index (χ3v) is 5.44. The predicted molar refractivity (Wildman–Crippen MR) is 98.0 cm³/mol. The number of esters is 1. The fraction of sp³-hybridized carbons (Fsp3) is 0.526. The summed E-state index contributed by atoms with van der Waals surface area (Å²) in [5, 5.41) is 10.8. The Labute approximate surface area is 156 Å². The van der Waals surface area contributed by atoms with Crippen LogP contribution in [0.25, 0.3) is 11.0 Å². The molecule has 27 heavy (non-hydrogen) atoms. The van der Waals surface area contributed by atoms with E-state index in [1.54, 1.807) is 25.3 Å². The van der Waals surface area contributed by atoms with Gasteiger partial charge in [-0.3, -0.25) is 14.3 Å². The second kappa shape index (κ2) is 6.94. The third kappa shape index (κ3) is 3.08. The number of hydrogen-bond donors (Lipinski definition) is 1. The van der Waals surface area contributed by atoms with Gasteiger partial charge in [0.25, 0.3) is 5.56 Å². The average Bonchev–Trinajstić information content (AvgIpc) is 3.43. The van der Waals surface area contributed by atoms with Crippen LogP contribution in [-0.4, -0.2) is 64.0 Å². The van der Waals surface area contributed by atoms with Crippen LogP contribution in [-0.2, 0) is 16.0 Å². The Kier molecular flexibility index (Phi) is 4.61. The van der Waals surface area contributed by atoms with Crippen LogP contribution in [0.15, 0.2) is 23.1 Å². The van der Waals surface area contributed by atoms with Gasteiger partial charge in [0.2, 0.25) is 0 Å². The van der Waals surface area contributed by atoms with E-state index in [4.69, 9.17) is 9.47 Å². The van der Waals surface area contributed by atoms with Gasteiger partial charge in [-0.1, -0.05) is 0 Å². The van der Waals surface area contributed by atoms with Crippen molar-refractivity contribution in [2.75, 3.05) is 32.9 Å². The lowest BCUT2D eigenvalue weighted by Crippen LogP contribution is -2.49. The molecule has 4 rings (SSSR count). The van der Waals surface area contributed by atoms with Crippen molar-refractivity contribution in [3.63, 3.8) is 0 Å². The standard InChI is InChI=1S/C19H23N3O5/c1-2-27-18(25)14-15(23)13-4-3-7-20-16(13)22(17(14)24)9-8-21-10-11-26-12-19(21)5-6-19/h3-4,7,23H,2,5-6,8-12H2,1H3. The van der Waals surface area contributed by atoms with E-state index in [1.807, 2.05) is 0 Å². The Morgan fingerprint density at radius 2 is 2.22 bits per heavy atom. The topological polar surface area (TPSA) is 93.9 Å². The number of pyridine rings is 2. The summed E-state index contributed by atoms with van der Waals surface area (Å²) in [4.78, 5) is 31.9. The minimum atomic E-state index is -0.815. The van der Waals surface area contributed by atoms with Gasteiger partial charge < -0.3 is 14.6 Å². The Balaban J connectivity index is 1.72. The van der Waals surface area contributed by atoms with Crippen LogP contribution in [0.3, 0.4) is 0 Å². The fourth-order valence-electron chi connectivity index (χ4n) is 3.80. The Morgan fingerprint density at radius 3 is 2.96 bits per heavy atom. The van der Waals surface area contributed by atoms with E-state index in [2.05, 4.69) is 9.88 Å². The molecule has 2 aromatic rings. The summed E-state index contributed by atoms with van der Waals surface area (Å²) in [6.07, 6.45) is 3.77. The van der Waals surface area contributed by atoms with E-state index in [0.717, 1.165) is 26.0 Å². The van der Waals surface area contributed by atoms with Gasteiger partial charge in [-0.15, -0.1) is 0 Å². The number of aromatic hydroxyl groups is 1. The van der Waals surface area contributed by atoms with E-state index in [-0.39, 0.29) is 23.5 Å². The van der Waals surface area contributed by atoms with Crippen LogP contribution in [0.2, 0.25) is 0 Å². The van der Waals surface area contributed by atoms with Crippen molar-refractivity contribution in [3.05, 3.63) is 34.2 Å². The first-order valence-electron chi connectivity index (χ1n) is 9.28. The molecule has 8 nitrogen and oxygen atoms in total. The smallest absolute Gasteiger partial charge is 0.347 e. The minimum absolute atomic E-state index is 0.103. The Morgan fingerprint density at radius 1 is 1.41 bits per heavy atom. The monoisotopic (exact) mass is 373 g/mol. The lowest BCUT2D eigenvalue weighted by Gasteiger charge is -2.36. The molecule has 1 spiro atoms. The molecule has 0 amide bonds. The fourth-order valence-corrected chi connectivity index (χ4v) is 3.80. The zero-order valence-electron chi connectivity index (χ0n) is 15.3. The SMILES string of the molecule is CCOC(=O)c1c(O)c2cccnc2n(CCN2CCOCC23CC3)c1=O. The second-order valence-electron chi connectivity index (χ2n) is 7.04. The van der Waals surface area contributed by atoms with Crippen LogP contribution in [0.5, 0.6) is 5.75 Å². The first-order chi connectivity index (χ1) is 13.1. The van der Waals surface area contributed by atoms with Crippen LogP contribution < -0.4 is 5.56 Å². The highest BCUT2D eigenvalue weighted by molar-refractivity contribution is 5.98. The van der Waals surface area contributed by atoms with E-state index in [9.17, 15) is 14.7 Å². The predicted octanol–water partition coefficient (Wildman–Crippen LogP) is 1.14. The number of nitrogens with zero attached hydrogens (tertiary/aromatic N) is 3. The quantitative estimate of drug-likeness (QED) is 0.786. The van der Waals surface area contributed by atoms with Crippen LogP contribution in [0.1, 0.15) is 30.1 Å². The number of carbonyl (C=O) groups excluding carboxylic acids is 1. The zero-order chi connectivity index (χ0) is 19.0. The van der Waals surface area contributed by atoms with Crippen molar-refractivity contribution in [1.29, 1.82) is 0 Å². The molecule has 1 saturated heterocycles. The zero-order valence-corrected chi connectivity index (χ0v) is 15.3. The summed E-state index contributed by atoms with van der Waals surface area (Å²) in [7, 11) is 0. The van der Waals surface area contributed by atoms with E-state index >= 15 is 0 Å². The molecule has 0 atom stereocenters. The molecule has 3 heterocycles. The highest BCUT2D eigenvalue weighted by atomic mass is 16.5. The number of fused-ring (bicyclic) bond motifs is 1. The molecule has 2 aromatic heterocycles. The molecule has 1 saturated carbocycles. The van der Waals surface area contributed by atoms with Crippen LogP contribution in [0, 0.1) is 0 Å². The molecule has 144 valence electrons. The van der Waals surface area contributed by atoms with Crippen LogP contribution >= 0.6 is 0 Å². The summed E-state index contributed by atoms with van der Waals surface area (Å²) < 4.78 is 12.0. The second-order valence-corrected chi connectivity index (χ2v) is 7.04. The molecular weight excluding hydrogens is 350 g/mol. The van der Waals surface area contributed by atoms with E-state index < -0.39 is 11.5 Å². The molecule has 0 radical (unpaired) electrons. The van der Waals surface area contributed by atoms with Crippen molar-refractivity contribution in [2.24, 2.45) is 0 Å². The largest absolute Gasteiger partial charge is 0.506 e. The first-order valence-corrected chi connectivity index (χ1v) is 9.28. The van der Waals surface area contributed by atoms with Crippen molar-refractivity contribution in [3.8, 4) is 5.75 Å². The van der Waals surface area contributed by atoms with Gasteiger partial charge in [-0.05, 0) is 31.9 Å². The lowest BCUT2D eigenvalue weighted by molar-refractivity contribution is -0.0215. The number of rotatable bonds is 5. The molecule has 0 bridgehead atoms. The summed E-state index contributed by atoms with van der Waals surface area (Å²) in [6.45, 7) is 5.04. The first kappa shape index (κ1) is 17.9. The normalized spacial score (nSPS) is 18.7. The number of ether oxygens (including phenoxy) is 2. The maximum absolute atomic E-state index is 13.0. The Bertz CT molecular complexity index is 935. The highest BCUT2D eigenvalue weighted by Crippen LogP contribution is 2.43. The maximum atomic E-state index is 13.0. The van der Waals surface area contributed by atoms with Crippen LogP contribution in [0.4, 0.5) is 0 Å². The van der Waals surface area contributed by atoms with Crippen molar-refractivity contribution < 1.29 is 19.4 Å². The van der Waals surface area contributed by atoms with Crippen molar-refractivity contribution in [1.82, 2.24) is 14.5 Å². The van der Waals surface area contributed by atoms with Gasteiger partial charge in [0.15, 0.2) is 5.56 Å². The number of hydrogen-bond acceptors (Lipinski definition) is 7. The van der Waals surface area contributed by atoms with Gasteiger partial charge in [0.1, 0.15) is 11.4 Å². The van der Waals surface area contributed by atoms with Crippen molar-refractivity contribution >= 4 is 17.0 Å². The summed E-state index contributed by atoms with van der Waals surface area (Å²) >= 11 is 0. The molecule has 2 aliphatic rings. The molecule has 2 fully saturated rings. The number of carbonyl (C=O) groups is 1. The highest BCUT2D eigenvalue weighted by Gasteiger charge is 2.49. The maximum Gasteiger partial charge on any atom is 0.347 e. The third-order valence-electron chi connectivity index (χ3n) is 5.44. The molecule has 8 heteroatoms. The number of aromatic nitrogens is 2. The lowest BCUT2D eigenvalue weighted by atomic mass is 10.1.